The lowest BCUT2D eigenvalue weighted by molar-refractivity contribution is -0.115. The summed E-state index contributed by atoms with van der Waals surface area (Å²) in [6.07, 6.45) is 0. The van der Waals surface area contributed by atoms with Crippen LogP contribution >= 0.6 is 11.8 Å². The van der Waals surface area contributed by atoms with Crippen LogP contribution in [0.15, 0.2) is 76.7 Å². The van der Waals surface area contributed by atoms with E-state index in [1.807, 2.05) is 12.1 Å². The normalized spacial score (nSPS) is 13.0. The summed E-state index contributed by atoms with van der Waals surface area (Å²) < 4.78 is 17.5. The molecule has 5 rings (SSSR count). The predicted molar refractivity (Wildman–Crippen MR) is 130 cm³/mol. The Morgan fingerprint density at radius 2 is 1.91 bits per heavy atom. The maximum Gasteiger partial charge on any atom is 0.266 e. The van der Waals surface area contributed by atoms with Gasteiger partial charge in [-0.3, -0.25) is 14.2 Å². The quantitative estimate of drug-likeness (QED) is 0.329. The van der Waals surface area contributed by atoms with Crippen LogP contribution in [0.1, 0.15) is 6.92 Å². The van der Waals surface area contributed by atoms with E-state index in [-0.39, 0.29) is 18.3 Å². The summed E-state index contributed by atoms with van der Waals surface area (Å²) in [5.41, 5.74) is 1.55. The summed E-state index contributed by atoms with van der Waals surface area (Å²) >= 11 is 1.20. The molecule has 1 aliphatic heterocycles. The third kappa shape index (κ3) is 4.17. The molecule has 1 aromatic heterocycles. The number of methoxy groups -OCH3 is 1. The molecule has 3 aromatic carbocycles. The van der Waals surface area contributed by atoms with E-state index in [0.29, 0.717) is 44.7 Å². The van der Waals surface area contributed by atoms with Crippen LogP contribution in [0.2, 0.25) is 0 Å². The van der Waals surface area contributed by atoms with Crippen molar-refractivity contribution in [3.05, 3.63) is 77.1 Å². The number of hydrogen-bond donors (Lipinski definition) is 1. The number of rotatable bonds is 6. The molecule has 0 radical (unpaired) electrons. The first-order chi connectivity index (χ1) is 16.5. The molecule has 1 aliphatic rings. The Balaban J connectivity index is 1.48. The standard InChI is InChI=1S/C25H21N3O5S/c1-15(23(29)26-16-10-11-21-22(12-16)33-14-32-21)34-25-27-20-9-4-3-8-19(20)24(30)28(25)17-6-5-7-18(13-17)31-2/h3-13,15H,14H2,1-2H3,(H,26,29)/t15-/m0/s1. The summed E-state index contributed by atoms with van der Waals surface area (Å²) in [6.45, 7) is 1.93. The van der Waals surface area contributed by atoms with E-state index in [1.54, 1.807) is 68.6 Å². The number of carbonyl (C=O) groups is 1. The maximum atomic E-state index is 13.4. The highest BCUT2D eigenvalue weighted by molar-refractivity contribution is 8.00. The molecule has 34 heavy (non-hydrogen) atoms. The van der Waals surface area contributed by atoms with Gasteiger partial charge in [-0.2, -0.15) is 0 Å². The smallest absolute Gasteiger partial charge is 0.266 e. The van der Waals surface area contributed by atoms with E-state index < -0.39 is 5.25 Å². The number of nitrogens with one attached hydrogen (secondary N) is 1. The zero-order chi connectivity index (χ0) is 23.7. The molecule has 0 saturated carbocycles. The summed E-state index contributed by atoms with van der Waals surface area (Å²) in [4.78, 5) is 31.1. The largest absolute Gasteiger partial charge is 0.497 e. The highest BCUT2D eigenvalue weighted by Gasteiger charge is 2.22. The molecular weight excluding hydrogens is 454 g/mol. The highest BCUT2D eigenvalue weighted by atomic mass is 32.2. The number of carbonyl (C=O) groups excluding carboxylic acids is 1. The van der Waals surface area contributed by atoms with Crippen molar-refractivity contribution < 1.29 is 19.0 Å². The minimum atomic E-state index is -0.546. The lowest BCUT2D eigenvalue weighted by Crippen LogP contribution is -2.26. The van der Waals surface area contributed by atoms with E-state index >= 15 is 0 Å². The van der Waals surface area contributed by atoms with Gasteiger partial charge in [-0.25, -0.2) is 4.98 Å². The summed E-state index contributed by atoms with van der Waals surface area (Å²) in [5.74, 6) is 1.61. The Morgan fingerprint density at radius 1 is 1.09 bits per heavy atom. The molecule has 8 nitrogen and oxygen atoms in total. The number of amides is 1. The number of aromatic nitrogens is 2. The van der Waals surface area contributed by atoms with Gasteiger partial charge < -0.3 is 19.5 Å². The first kappa shape index (κ1) is 21.8. The van der Waals surface area contributed by atoms with Gasteiger partial charge in [0.2, 0.25) is 12.7 Å². The van der Waals surface area contributed by atoms with Gasteiger partial charge in [-0.1, -0.05) is 30.0 Å². The molecular formula is C25H21N3O5S. The molecule has 0 aliphatic carbocycles. The predicted octanol–water partition coefficient (Wildman–Crippen LogP) is 4.24. The minimum absolute atomic E-state index is 0.161. The molecule has 1 atom stereocenters. The Labute approximate surface area is 199 Å². The van der Waals surface area contributed by atoms with Crippen molar-refractivity contribution in [3.8, 4) is 22.9 Å². The van der Waals surface area contributed by atoms with Crippen LogP contribution in [0.4, 0.5) is 5.69 Å². The van der Waals surface area contributed by atoms with Crippen molar-refractivity contribution >= 4 is 34.3 Å². The zero-order valence-corrected chi connectivity index (χ0v) is 19.3. The minimum Gasteiger partial charge on any atom is -0.497 e. The molecule has 0 saturated heterocycles. The number of hydrogen-bond acceptors (Lipinski definition) is 7. The molecule has 0 fully saturated rings. The number of thioether (sulfide) groups is 1. The average molecular weight is 476 g/mol. The first-order valence-corrected chi connectivity index (χ1v) is 11.4. The van der Waals surface area contributed by atoms with Crippen LogP contribution in [-0.4, -0.2) is 34.6 Å². The third-order valence-corrected chi connectivity index (χ3v) is 6.40. The number of anilines is 1. The highest BCUT2D eigenvalue weighted by Crippen LogP contribution is 2.34. The Kier molecular flexibility index (Phi) is 5.85. The van der Waals surface area contributed by atoms with E-state index in [4.69, 9.17) is 19.2 Å². The van der Waals surface area contributed by atoms with Crippen LogP contribution in [0.3, 0.4) is 0 Å². The SMILES string of the molecule is COc1cccc(-n2c(S[C@@H](C)C(=O)Nc3ccc4c(c3)OCO4)nc3ccccc3c2=O)c1. The summed E-state index contributed by atoms with van der Waals surface area (Å²) in [5, 5.41) is 3.24. The van der Waals surface area contributed by atoms with Crippen molar-refractivity contribution in [2.24, 2.45) is 0 Å². The van der Waals surface area contributed by atoms with E-state index in [1.165, 1.54) is 16.3 Å². The maximum absolute atomic E-state index is 13.4. The fourth-order valence-corrected chi connectivity index (χ4v) is 4.53. The second-order valence-electron chi connectivity index (χ2n) is 7.57. The van der Waals surface area contributed by atoms with Crippen LogP contribution in [0, 0.1) is 0 Å². The van der Waals surface area contributed by atoms with E-state index in [0.717, 1.165) is 0 Å². The molecule has 2 heterocycles. The van der Waals surface area contributed by atoms with Gasteiger partial charge in [0.15, 0.2) is 16.7 Å². The summed E-state index contributed by atoms with van der Waals surface area (Å²) in [6, 6.07) is 19.6. The second kappa shape index (κ2) is 9.11. The summed E-state index contributed by atoms with van der Waals surface area (Å²) in [7, 11) is 1.57. The van der Waals surface area contributed by atoms with Gasteiger partial charge in [0, 0.05) is 17.8 Å². The Bertz CT molecular complexity index is 1450. The van der Waals surface area contributed by atoms with Crippen LogP contribution in [-0.2, 0) is 4.79 Å². The van der Waals surface area contributed by atoms with Gasteiger partial charge in [-0.15, -0.1) is 0 Å². The molecule has 0 unspecified atom stereocenters. The third-order valence-electron chi connectivity index (χ3n) is 5.35. The van der Waals surface area contributed by atoms with E-state index in [2.05, 4.69) is 5.32 Å². The van der Waals surface area contributed by atoms with Gasteiger partial charge in [0.05, 0.1) is 29.0 Å². The number of fused-ring (bicyclic) bond motifs is 2. The molecule has 0 bridgehead atoms. The van der Waals surface area contributed by atoms with Crippen LogP contribution in [0.25, 0.3) is 16.6 Å². The van der Waals surface area contributed by atoms with Crippen molar-refractivity contribution in [2.45, 2.75) is 17.3 Å². The Morgan fingerprint density at radius 3 is 2.76 bits per heavy atom. The van der Waals surface area contributed by atoms with Crippen molar-refractivity contribution in [1.82, 2.24) is 9.55 Å². The fourth-order valence-electron chi connectivity index (χ4n) is 3.60. The van der Waals surface area contributed by atoms with Crippen molar-refractivity contribution in [2.75, 3.05) is 19.2 Å². The van der Waals surface area contributed by atoms with Gasteiger partial charge in [-0.05, 0) is 43.3 Å². The number of para-hydroxylation sites is 1. The number of nitrogens with zero attached hydrogens (tertiary/aromatic N) is 2. The number of ether oxygens (including phenoxy) is 3. The lowest BCUT2D eigenvalue weighted by Gasteiger charge is -2.17. The van der Waals surface area contributed by atoms with E-state index in [9.17, 15) is 9.59 Å². The van der Waals surface area contributed by atoms with Gasteiger partial charge in [0.1, 0.15) is 5.75 Å². The van der Waals surface area contributed by atoms with Crippen LogP contribution < -0.4 is 25.1 Å². The molecule has 9 heteroatoms. The van der Waals surface area contributed by atoms with Crippen LogP contribution in [0.5, 0.6) is 17.2 Å². The molecule has 172 valence electrons. The molecule has 1 amide bonds. The monoisotopic (exact) mass is 475 g/mol. The topological polar surface area (TPSA) is 91.7 Å². The Hall–Kier alpha value is -3.98. The first-order valence-electron chi connectivity index (χ1n) is 10.6. The molecule has 0 spiro atoms. The van der Waals surface area contributed by atoms with Crippen molar-refractivity contribution in [3.63, 3.8) is 0 Å². The average Bonchev–Trinajstić information content (AvgIpc) is 3.32. The van der Waals surface area contributed by atoms with Gasteiger partial charge in [0.25, 0.3) is 5.56 Å². The fraction of sp³-hybridized carbons (Fsp3) is 0.160. The molecule has 4 aromatic rings. The zero-order valence-electron chi connectivity index (χ0n) is 18.5. The van der Waals surface area contributed by atoms with Crippen molar-refractivity contribution in [1.29, 1.82) is 0 Å². The second-order valence-corrected chi connectivity index (χ2v) is 8.88. The van der Waals surface area contributed by atoms with Gasteiger partial charge >= 0.3 is 0 Å². The molecule has 1 N–H and O–H groups in total. The number of benzene rings is 3. The lowest BCUT2D eigenvalue weighted by atomic mass is 10.2.